The number of hydrogen-bond acceptors (Lipinski definition) is 2. The number of aryl methyl sites for hydroxylation is 2. The fraction of sp³-hybridized carbons (Fsp3) is 0.154. The van der Waals surface area contributed by atoms with Crippen molar-refractivity contribution in [2.45, 2.75) is 27.3 Å². The van der Waals surface area contributed by atoms with Gasteiger partial charge >= 0.3 is 0 Å². The summed E-state index contributed by atoms with van der Waals surface area (Å²) >= 11 is 0. The minimum atomic E-state index is -0.129. The quantitative estimate of drug-likeness (QED) is 0.466. The van der Waals surface area contributed by atoms with Gasteiger partial charge in [-0.15, -0.1) is 0 Å². The minimum absolute atomic E-state index is 0.129. The molecule has 1 aromatic heterocycles. The second-order valence-electron chi connectivity index (χ2n) is 7.59. The first kappa shape index (κ1) is 19.6. The summed E-state index contributed by atoms with van der Waals surface area (Å²) in [5, 5.41) is 7.69. The van der Waals surface area contributed by atoms with Crippen LogP contribution in [0.5, 0.6) is 0 Å². The highest BCUT2D eigenvalue weighted by molar-refractivity contribution is 6.05. The molecule has 1 N–H and O–H groups in total. The van der Waals surface area contributed by atoms with Crippen LogP contribution in [0.4, 0.5) is 5.69 Å². The van der Waals surface area contributed by atoms with Gasteiger partial charge < -0.3 is 5.32 Å². The summed E-state index contributed by atoms with van der Waals surface area (Å²) < 4.78 is 1.94. The monoisotopic (exact) mass is 395 g/mol. The van der Waals surface area contributed by atoms with E-state index in [0.717, 1.165) is 28.2 Å². The Morgan fingerprint density at radius 1 is 0.867 bits per heavy atom. The van der Waals surface area contributed by atoms with Gasteiger partial charge in [0.05, 0.1) is 23.6 Å². The summed E-state index contributed by atoms with van der Waals surface area (Å²) in [5.74, 6) is -0.129. The second kappa shape index (κ2) is 8.37. The van der Waals surface area contributed by atoms with Gasteiger partial charge in [-0.05, 0) is 49.6 Å². The fourth-order valence-electron chi connectivity index (χ4n) is 3.65. The maximum absolute atomic E-state index is 12.8. The molecule has 0 aliphatic rings. The first-order valence-electron chi connectivity index (χ1n) is 10.1. The van der Waals surface area contributed by atoms with Crippen LogP contribution in [-0.4, -0.2) is 15.7 Å². The molecular weight excluding hydrogens is 370 g/mol. The molecule has 4 rings (SSSR count). The Morgan fingerprint density at radius 3 is 2.27 bits per heavy atom. The van der Waals surface area contributed by atoms with E-state index in [4.69, 9.17) is 0 Å². The smallest absolute Gasteiger partial charge is 0.255 e. The van der Waals surface area contributed by atoms with Gasteiger partial charge in [0.15, 0.2) is 0 Å². The summed E-state index contributed by atoms with van der Waals surface area (Å²) in [4.78, 5) is 12.8. The van der Waals surface area contributed by atoms with Crippen molar-refractivity contribution in [1.82, 2.24) is 9.78 Å². The van der Waals surface area contributed by atoms with Gasteiger partial charge in [0.2, 0.25) is 0 Å². The van der Waals surface area contributed by atoms with Crippen LogP contribution in [-0.2, 0) is 6.54 Å². The molecule has 0 atom stereocenters. The van der Waals surface area contributed by atoms with Gasteiger partial charge in [-0.2, -0.15) is 5.10 Å². The van der Waals surface area contributed by atoms with Crippen molar-refractivity contribution in [2.75, 3.05) is 5.32 Å². The van der Waals surface area contributed by atoms with E-state index in [1.54, 1.807) is 0 Å². The second-order valence-corrected chi connectivity index (χ2v) is 7.59. The third-order valence-electron chi connectivity index (χ3n) is 5.29. The van der Waals surface area contributed by atoms with Gasteiger partial charge in [0.25, 0.3) is 5.91 Å². The normalized spacial score (nSPS) is 10.8. The van der Waals surface area contributed by atoms with E-state index in [9.17, 15) is 4.79 Å². The Labute approximate surface area is 177 Å². The zero-order chi connectivity index (χ0) is 21.1. The highest BCUT2D eigenvalue weighted by Gasteiger charge is 2.15. The van der Waals surface area contributed by atoms with Crippen LogP contribution in [0.2, 0.25) is 0 Å². The van der Waals surface area contributed by atoms with Gasteiger partial charge in [-0.1, -0.05) is 72.3 Å². The summed E-state index contributed by atoms with van der Waals surface area (Å²) in [6.45, 7) is 6.67. The van der Waals surface area contributed by atoms with Crippen molar-refractivity contribution in [1.29, 1.82) is 0 Å². The van der Waals surface area contributed by atoms with E-state index in [-0.39, 0.29) is 5.91 Å². The SMILES string of the molecule is Cc1cccc(Cn2nc(C)c(NC(=O)c3ccc(-c4ccccc4)cc3)c2C)c1. The molecule has 0 fully saturated rings. The van der Waals surface area contributed by atoms with Crippen LogP contribution in [0.1, 0.15) is 32.9 Å². The van der Waals surface area contributed by atoms with Gasteiger partial charge in [-0.3, -0.25) is 9.48 Å². The van der Waals surface area contributed by atoms with Crippen molar-refractivity contribution in [3.8, 4) is 11.1 Å². The molecular formula is C26H25N3O. The molecule has 0 aliphatic carbocycles. The van der Waals surface area contributed by atoms with Crippen molar-refractivity contribution in [3.05, 3.63) is 107 Å². The first-order chi connectivity index (χ1) is 14.5. The Kier molecular flexibility index (Phi) is 5.48. The lowest BCUT2D eigenvalue weighted by Crippen LogP contribution is -2.13. The van der Waals surface area contributed by atoms with E-state index in [1.165, 1.54) is 11.1 Å². The summed E-state index contributed by atoms with van der Waals surface area (Å²) in [6.07, 6.45) is 0. The number of nitrogens with zero attached hydrogens (tertiary/aromatic N) is 2. The summed E-state index contributed by atoms with van der Waals surface area (Å²) in [7, 11) is 0. The zero-order valence-electron chi connectivity index (χ0n) is 17.5. The Bertz CT molecular complexity index is 1170. The van der Waals surface area contributed by atoms with Crippen molar-refractivity contribution < 1.29 is 4.79 Å². The Hall–Kier alpha value is -3.66. The van der Waals surface area contributed by atoms with Crippen LogP contribution >= 0.6 is 0 Å². The third kappa shape index (κ3) is 4.18. The van der Waals surface area contributed by atoms with Crippen molar-refractivity contribution in [2.24, 2.45) is 0 Å². The fourth-order valence-corrected chi connectivity index (χ4v) is 3.65. The van der Waals surface area contributed by atoms with Crippen LogP contribution in [0.3, 0.4) is 0 Å². The highest BCUT2D eigenvalue weighted by Crippen LogP contribution is 2.23. The number of amides is 1. The van der Waals surface area contributed by atoms with Gasteiger partial charge in [-0.25, -0.2) is 0 Å². The number of hydrogen-bond donors (Lipinski definition) is 1. The van der Waals surface area contributed by atoms with Gasteiger partial charge in [0.1, 0.15) is 0 Å². The topological polar surface area (TPSA) is 46.9 Å². The lowest BCUT2D eigenvalue weighted by molar-refractivity contribution is 0.102. The zero-order valence-corrected chi connectivity index (χ0v) is 17.5. The Balaban J connectivity index is 1.51. The molecule has 1 heterocycles. The maximum atomic E-state index is 12.8. The largest absolute Gasteiger partial charge is 0.319 e. The Morgan fingerprint density at radius 2 is 1.57 bits per heavy atom. The predicted molar refractivity (Wildman–Crippen MR) is 122 cm³/mol. The predicted octanol–water partition coefficient (Wildman–Crippen LogP) is 5.78. The molecule has 1 amide bonds. The molecule has 4 aromatic rings. The molecule has 4 nitrogen and oxygen atoms in total. The molecule has 3 aromatic carbocycles. The lowest BCUT2D eigenvalue weighted by atomic mass is 10.0. The average molecular weight is 396 g/mol. The van der Waals surface area contributed by atoms with Crippen LogP contribution in [0, 0.1) is 20.8 Å². The van der Waals surface area contributed by atoms with E-state index < -0.39 is 0 Å². The van der Waals surface area contributed by atoms with E-state index in [0.29, 0.717) is 12.1 Å². The number of aromatic nitrogens is 2. The average Bonchev–Trinajstić information content (AvgIpc) is 3.02. The number of rotatable bonds is 5. The molecule has 0 spiro atoms. The third-order valence-corrected chi connectivity index (χ3v) is 5.29. The number of carbonyl (C=O) groups is 1. The molecule has 4 heteroatoms. The lowest BCUT2D eigenvalue weighted by Gasteiger charge is -2.09. The minimum Gasteiger partial charge on any atom is -0.319 e. The molecule has 0 bridgehead atoms. The molecule has 0 radical (unpaired) electrons. The highest BCUT2D eigenvalue weighted by atomic mass is 16.1. The van der Waals surface area contributed by atoms with E-state index in [1.807, 2.05) is 61.0 Å². The molecule has 30 heavy (non-hydrogen) atoms. The number of benzene rings is 3. The van der Waals surface area contributed by atoms with Crippen LogP contribution < -0.4 is 5.32 Å². The maximum Gasteiger partial charge on any atom is 0.255 e. The molecule has 0 saturated heterocycles. The number of anilines is 1. The van der Waals surface area contributed by atoms with E-state index in [2.05, 4.69) is 53.7 Å². The first-order valence-corrected chi connectivity index (χ1v) is 10.1. The van der Waals surface area contributed by atoms with Crippen LogP contribution in [0.25, 0.3) is 11.1 Å². The summed E-state index contributed by atoms with van der Waals surface area (Å²) in [5.41, 5.74) is 7.80. The van der Waals surface area contributed by atoms with Gasteiger partial charge in [0, 0.05) is 5.56 Å². The summed E-state index contributed by atoms with van der Waals surface area (Å²) in [6, 6.07) is 26.2. The standard InChI is InChI=1S/C26H25N3O/c1-18-8-7-9-21(16-18)17-29-20(3)25(19(2)28-29)27-26(30)24-14-12-23(13-15-24)22-10-5-4-6-11-22/h4-16H,17H2,1-3H3,(H,27,30). The number of nitrogens with one attached hydrogen (secondary N) is 1. The molecule has 150 valence electrons. The number of carbonyl (C=O) groups excluding carboxylic acids is 1. The van der Waals surface area contributed by atoms with Crippen LogP contribution in [0.15, 0.2) is 78.9 Å². The van der Waals surface area contributed by atoms with E-state index >= 15 is 0 Å². The van der Waals surface area contributed by atoms with Crippen molar-refractivity contribution in [3.63, 3.8) is 0 Å². The molecule has 0 saturated carbocycles. The van der Waals surface area contributed by atoms with Crippen molar-refractivity contribution >= 4 is 11.6 Å². The molecule has 0 unspecified atom stereocenters. The molecule has 0 aliphatic heterocycles.